The molecular weight excluding hydrogens is 250 g/mol. The van der Waals surface area contributed by atoms with Gasteiger partial charge >= 0.3 is 5.97 Å². The van der Waals surface area contributed by atoms with Gasteiger partial charge in [-0.3, -0.25) is 4.79 Å². The van der Waals surface area contributed by atoms with Crippen molar-refractivity contribution < 1.29 is 9.53 Å². The molecule has 0 fully saturated rings. The van der Waals surface area contributed by atoms with Gasteiger partial charge in [-0.25, -0.2) is 9.97 Å². The van der Waals surface area contributed by atoms with Crippen LogP contribution in [0.5, 0.6) is 0 Å². The second kappa shape index (κ2) is 5.77. The average Bonchev–Trinajstić information content (AvgIpc) is 2.84. The lowest BCUT2D eigenvalue weighted by Gasteiger charge is -2.20. The number of thiophene rings is 1. The SMILES string of the molecule is CCOC(=O)CN(CC)c1ncnc2ccsc12. The Balaban J connectivity index is 2.26. The molecule has 6 heteroatoms. The molecule has 2 rings (SSSR count). The van der Waals surface area contributed by atoms with Gasteiger partial charge in [0.15, 0.2) is 5.82 Å². The Labute approximate surface area is 109 Å². The van der Waals surface area contributed by atoms with Crippen LogP contribution in [-0.4, -0.2) is 35.6 Å². The van der Waals surface area contributed by atoms with E-state index in [0.29, 0.717) is 13.2 Å². The molecule has 0 bridgehead atoms. The van der Waals surface area contributed by atoms with E-state index in [1.54, 1.807) is 18.3 Å². The first kappa shape index (κ1) is 12.8. The first-order valence-electron chi connectivity index (χ1n) is 5.85. The molecule has 0 N–H and O–H groups in total. The van der Waals surface area contributed by atoms with E-state index in [2.05, 4.69) is 9.97 Å². The highest BCUT2D eigenvalue weighted by Crippen LogP contribution is 2.27. The van der Waals surface area contributed by atoms with Crippen molar-refractivity contribution in [2.24, 2.45) is 0 Å². The fraction of sp³-hybridized carbons (Fsp3) is 0.417. The average molecular weight is 265 g/mol. The van der Waals surface area contributed by atoms with Gasteiger partial charge in [-0.1, -0.05) is 0 Å². The van der Waals surface area contributed by atoms with Crippen molar-refractivity contribution in [1.82, 2.24) is 9.97 Å². The number of likely N-dealkylation sites (N-methyl/N-ethyl adjacent to an activating group) is 1. The van der Waals surface area contributed by atoms with Crippen LogP contribution in [-0.2, 0) is 9.53 Å². The normalized spacial score (nSPS) is 10.6. The molecule has 2 heterocycles. The number of hydrogen-bond donors (Lipinski definition) is 0. The van der Waals surface area contributed by atoms with E-state index in [1.165, 1.54) is 6.33 Å². The zero-order valence-electron chi connectivity index (χ0n) is 10.4. The molecule has 0 saturated carbocycles. The molecule has 0 atom stereocenters. The van der Waals surface area contributed by atoms with E-state index < -0.39 is 0 Å². The topological polar surface area (TPSA) is 55.3 Å². The molecular formula is C12H15N3O2S. The minimum atomic E-state index is -0.234. The maximum Gasteiger partial charge on any atom is 0.325 e. The van der Waals surface area contributed by atoms with Crippen molar-refractivity contribution >= 4 is 33.3 Å². The Bertz CT molecular complexity index is 541. The van der Waals surface area contributed by atoms with Gasteiger partial charge in [0.05, 0.1) is 16.8 Å². The molecule has 0 aliphatic heterocycles. The van der Waals surface area contributed by atoms with E-state index in [1.807, 2.05) is 23.3 Å². The van der Waals surface area contributed by atoms with Crippen LogP contribution in [0.1, 0.15) is 13.8 Å². The Morgan fingerprint density at radius 2 is 2.28 bits per heavy atom. The first-order chi connectivity index (χ1) is 8.76. The van der Waals surface area contributed by atoms with Gasteiger partial charge in [0.1, 0.15) is 12.9 Å². The van der Waals surface area contributed by atoms with Crippen LogP contribution in [0.25, 0.3) is 10.2 Å². The second-order valence-electron chi connectivity index (χ2n) is 3.65. The van der Waals surface area contributed by atoms with Crippen molar-refractivity contribution in [2.75, 3.05) is 24.6 Å². The van der Waals surface area contributed by atoms with Gasteiger partial charge < -0.3 is 9.64 Å². The fourth-order valence-electron chi connectivity index (χ4n) is 1.70. The molecule has 96 valence electrons. The summed E-state index contributed by atoms with van der Waals surface area (Å²) in [4.78, 5) is 21.9. The number of nitrogens with zero attached hydrogens (tertiary/aromatic N) is 3. The van der Waals surface area contributed by atoms with Crippen molar-refractivity contribution in [3.05, 3.63) is 17.8 Å². The number of ether oxygens (including phenoxy) is 1. The Morgan fingerprint density at radius 1 is 1.44 bits per heavy atom. The van der Waals surface area contributed by atoms with Crippen molar-refractivity contribution in [3.8, 4) is 0 Å². The number of rotatable bonds is 5. The summed E-state index contributed by atoms with van der Waals surface area (Å²) in [6, 6.07) is 1.95. The summed E-state index contributed by atoms with van der Waals surface area (Å²) in [5, 5.41) is 1.97. The van der Waals surface area contributed by atoms with Crippen LogP contribution in [0, 0.1) is 0 Å². The van der Waals surface area contributed by atoms with Crippen LogP contribution in [0.2, 0.25) is 0 Å². The summed E-state index contributed by atoms with van der Waals surface area (Å²) in [5.41, 5.74) is 0.910. The largest absolute Gasteiger partial charge is 0.465 e. The smallest absolute Gasteiger partial charge is 0.325 e. The van der Waals surface area contributed by atoms with E-state index in [9.17, 15) is 4.79 Å². The summed E-state index contributed by atoms with van der Waals surface area (Å²) in [5.74, 6) is 0.563. The molecule has 18 heavy (non-hydrogen) atoms. The summed E-state index contributed by atoms with van der Waals surface area (Å²) in [6.45, 7) is 5.10. The third-order valence-electron chi connectivity index (χ3n) is 2.53. The number of fused-ring (bicyclic) bond motifs is 1. The van der Waals surface area contributed by atoms with Gasteiger partial charge in [0.25, 0.3) is 0 Å². The van der Waals surface area contributed by atoms with Crippen molar-refractivity contribution in [3.63, 3.8) is 0 Å². The molecule has 0 amide bonds. The molecule has 2 aromatic rings. The van der Waals surface area contributed by atoms with Crippen molar-refractivity contribution in [2.45, 2.75) is 13.8 Å². The lowest BCUT2D eigenvalue weighted by Crippen LogP contribution is -2.31. The summed E-state index contributed by atoms with van der Waals surface area (Å²) < 4.78 is 5.97. The highest BCUT2D eigenvalue weighted by molar-refractivity contribution is 7.17. The third kappa shape index (κ3) is 2.59. The maximum atomic E-state index is 11.6. The Morgan fingerprint density at radius 3 is 3.00 bits per heavy atom. The second-order valence-corrected chi connectivity index (χ2v) is 4.57. The summed E-state index contributed by atoms with van der Waals surface area (Å²) in [6.07, 6.45) is 1.53. The number of hydrogen-bond acceptors (Lipinski definition) is 6. The zero-order valence-corrected chi connectivity index (χ0v) is 11.2. The van der Waals surface area contributed by atoms with E-state index in [4.69, 9.17) is 4.74 Å². The number of anilines is 1. The number of carbonyl (C=O) groups is 1. The zero-order chi connectivity index (χ0) is 13.0. The predicted octanol–water partition coefficient (Wildman–Crippen LogP) is 2.08. The monoisotopic (exact) mass is 265 g/mol. The lowest BCUT2D eigenvalue weighted by molar-refractivity contribution is -0.141. The van der Waals surface area contributed by atoms with Crippen LogP contribution in [0.4, 0.5) is 5.82 Å². The van der Waals surface area contributed by atoms with Crippen LogP contribution in [0.3, 0.4) is 0 Å². The molecule has 0 aliphatic carbocycles. The first-order valence-corrected chi connectivity index (χ1v) is 6.73. The standard InChI is InChI=1S/C12H15N3O2S/c1-3-15(7-10(16)17-4-2)12-11-9(5-6-18-11)13-8-14-12/h5-6,8H,3-4,7H2,1-2H3. The minimum Gasteiger partial charge on any atom is -0.465 e. The van der Waals surface area contributed by atoms with E-state index in [0.717, 1.165) is 16.0 Å². The predicted molar refractivity (Wildman–Crippen MR) is 71.9 cm³/mol. The molecule has 2 aromatic heterocycles. The fourth-order valence-corrected chi connectivity index (χ4v) is 2.56. The molecule has 5 nitrogen and oxygen atoms in total. The third-order valence-corrected chi connectivity index (χ3v) is 3.43. The Kier molecular flexibility index (Phi) is 4.09. The Hall–Kier alpha value is -1.69. The minimum absolute atomic E-state index is 0.217. The van der Waals surface area contributed by atoms with Gasteiger partial charge in [-0.2, -0.15) is 0 Å². The molecule has 0 unspecified atom stereocenters. The molecule has 0 aliphatic rings. The number of aromatic nitrogens is 2. The number of esters is 1. The maximum absolute atomic E-state index is 11.6. The van der Waals surface area contributed by atoms with Crippen LogP contribution < -0.4 is 4.90 Å². The molecule has 0 aromatic carbocycles. The van der Waals surface area contributed by atoms with Crippen molar-refractivity contribution in [1.29, 1.82) is 0 Å². The van der Waals surface area contributed by atoms with Gasteiger partial charge in [0.2, 0.25) is 0 Å². The summed E-state index contributed by atoms with van der Waals surface area (Å²) in [7, 11) is 0. The quantitative estimate of drug-likeness (QED) is 0.775. The molecule has 0 radical (unpaired) electrons. The van der Waals surface area contributed by atoms with E-state index in [-0.39, 0.29) is 12.5 Å². The molecule has 0 spiro atoms. The van der Waals surface area contributed by atoms with Crippen LogP contribution in [0.15, 0.2) is 17.8 Å². The van der Waals surface area contributed by atoms with Crippen LogP contribution >= 0.6 is 11.3 Å². The highest BCUT2D eigenvalue weighted by atomic mass is 32.1. The van der Waals surface area contributed by atoms with Gasteiger partial charge in [0, 0.05) is 6.54 Å². The molecule has 0 saturated heterocycles. The number of carbonyl (C=O) groups excluding carboxylic acids is 1. The van der Waals surface area contributed by atoms with Gasteiger partial charge in [-0.15, -0.1) is 11.3 Å². The van der Waals surface area contributed by atoms with Gasteiger partial charge in [-0.05, 0) is 25.3 Å². The summed E-state index contributed by atoms with van der Waals surface area (Å²) >= 11 is 1.58. The highest BCUT2D eigenvalue weighted by Gasteiger charge is 2.15. The van der Waals surface area contributed by atoms with E-state index >= 15 is 0 Å². The lowest BCUT2D eigenvalue weighted by atomic mass is 10.4.